The fourth-order valence-electron chi connectivity index (χ4n) is 3.25. The largest absolute Gasteiger partial charge is 0.393 e. The van der Waals surface area contributed by atoms with Gasteiger partial charge < -0.3 is 10.0 Å². The zero-order chi connectivity index (χ0) is 15.7. The van der Waals surface area contributed by atoms with Gasteiger partial charge in [-0.25, -0.2) is 4.39 Å². The molecule has 0 bridgehead atoms. The number of carbonyl (C=O) groups excluding carboxylic acids is 1. The van der Waals surface area contributed by atoms with Crippen LogP contribution in [0, 0.1) is 11.7 Å². The van der Waals surface area contributed by atoms with Crippen molar-refractivity contribution in [3.8, 4) is 0 Å². The molecule has 0 unspecified atom stereocenters. The molecule has 0 saturated heterocycles. The van der Waals surface area contributed by atoms with Gasteiger partial charge in [0.15, 0.2) is 0 Å². The smallest absolute Gasteiger partial charge is 0.226 e. The number of hydrogen-bond donors (Lipinski definition) is 1. The Bertz CT molecular complexity index is 541. The van der Waals surface area contributed by atoms with Gasteiger partial charge in [0.25, 0.3) is 0 Å². The SMILES string of the molecule is O=C([C@H]1CCC[C@H](O)C1)N(Cc1c(F)cccc1Cl)C1CC1. The minimum Gasteiger partial charge on any atom is -0.393 e. The average molecular weight is 326 g/mol. The number of carbonyl (C=O) groups is 1. The van der Waals surface area contributed by atoms with Gasteiger partial charge in [0, 0.05) is 22.5 Å². The molecule has 2 fully saturated rings. The van der Waals surface area contributed by atoms with Gasteiger partial charge in [0.05, 0.1) is 12.6 Å². The van der Waals surface area contributed by atoms with Crippen LogP contribution in [0.1, 0.15) is 44.1 Å². The van der Waals surface area contributed by atoms with Crippen LogP contribution in [0.3, 0.4) is 0 Å². The quantitative estimate of drug-likeness (QED) is 0.920. The van der Waals surface area contributed by atoms with E-state index in [4.69, 9.17) is 11.6 Å². The predicted molar refractivity (Wildman–Crippen MR) is 82.9 cm³/mol. The van der Waals surface area contributed by atoms with E-state index in [2.05, 4.69) is 0 Å². The van der Waals surface area contributed by atoms with Gasteiger partial charge in [0.1, 0.15) is 5.82 Å². The Balaban J connectivity index is 1.77. The Kier molecular flexibility index (Phi) is 4.69. The van der Waals surface area contributed by atoms with E-state index in [-0.39, 0.29) is 36.3 Å². The first kappa shape index (κ1) is 15.8. The van der Waals surface area contributed by atoms with Crippen molar-refractivity contribution in [3.05, 3.63) is 34.6 Å². The van der Waals surface area contributed by atoms with E-state index < -0.39 is 0 Å². The average Bonchev–Trinajstić information content (AvgIpc) is 3.31. The van der Waals surface area contributed by atoms with Crippen LogP contribution < -0.4 is 0 Å². The fraction of sp³-hybridized carbons (Fsp3) is 0.588. The summed E-state index contributed by atoms with van der Waals surface area (Å²) in [5.41, 5.74) is 0.390. The molecule has 5 heteroatoms. The second-order valence-electron chi connectivity index (χ2n) is 6.41. The molecular formula is C17H21ClFNO2. The lowest BCUT2D eigenvalue weighted by molar-refractivity contribution is -0.139. The van der Waals surface area contributed by atoms with E-state index in [1.165, 1.54) is 6.07 Å². The van der Waals surface area contributed by atoms with Crippen molar-refractivity contribution in [2.45, 2.75) is 57.2 Å². The molecule has 0 spiro atoms. The molecule has 3 nitrogen and oxygen atoms in total. The van der Waals surface area contributed by atoms with Gasteiger partial charge in [-0.15, -0.1) is 0 Å². The maximum atomic E-state index is 14.0. The molecule has 1 aromatic rings. The molecular weight excluding hydrogens is 305 g/mol. The molecule has 0 aromatic heterocycles. The molecule has 2 aliphatic carbocycles. The van der Waals surface area contributed by atoms with Gasteiger partial charge in [-0.1, -0.05) is 24.1 Å². The molecule has 2 aliphatic rings. The third-order valence-corrected chi connectivity index (χ3v) is 5.01. The number of amides is 1. The van der Waals surface area contributed by atoms with Crippen LogP contribution >= 0.6 is 11.6 Å². The lowest BCUT2D eigenvalue weighted by Crippen LogP contribution is -2.40. The van der Waals surface area contributed by atoms with E-state index in [0.717, 1.165) is 32.1 Å². The van der Waals surface area contributed by atoms with Crippen LogP contribution in [0.25, 0.3) is 0 Å². The third kappa shape index (κ3) is 3.44. The minimum atomic E-state index is -0.388. The highest BCUT2D eigenvalue weighted by Crippen LogP contribution is 2.34. The lowest BCUT2D eigenvalue weighted by Gasteiger charge is -2.31. The number of benzene rings is 1. The topological polar surface area (TPSA) is 40.5 Å². The first-order chi connectivity index (χ1) is 10.6. The highest BCUT2D eigenvalue weighted by Gasteiger charge is 2.37. The molecule has 1 aromatic carbocycles. The zero-order valence-corrected chi connectivity index (χ0v) is 13.2. The monoisotopic (exact) mass is 325 g/mol. The Labute approximate surface area is 135 Å². The molecule has 1 amide bonds. The molecule has 0 heterocycles. The highest BCUT2D eigenvalue weighted by molar-refractivity contribution is 6.31. The second-order valence-corrected chi connectivity index (χ2v) is 6.82. The van der Waals surface area contributed by atoms with Crippen LogP contribution in [0.4, 0.5) is 4.39 Å². The van der Waals surface area contributed by atoms with Crippen LogP contribution in [0.5, 0.6) is 0 Å². The molecule has 0 radical (unpaired) electrons. The molecule has 2 atom stereocenters. The Morgan fingerprint density at radius 1 is 1.32 bits per heavy atom. The van der Waals surface area contributed by atoms with Crippen LogP contribution in [0.2, 0.25) is 5.02 Å². The number of aliphatic hydroxyl groups excluding tert-OH is 1. The van der Waals surface area contributed by atoms with E-state index in [1.807, 2.05) is 0 Å². The Morgan fingerprint density at radius 3 is 2.73 bits per heavy atom. The lowest BCUT2D eigenvalue weighted by atomic mass is 9.86. The molecule has 2 saturated carbocycles. The van der Waals surface area contributed by atoms with Crippen molar-refractivity contribution in [1.29, 1.82) is 0 Å². The maximum absolute atomic E-state index is 14.0. The van der Waals surface area contributed by atoms with Crippen LogP contribution in [0.15, 0.2) is 18.2 Å². The number of aliphatic hydroxyl groups is 1. The predicted octanol–water partition coefficient (Wildman–Crippen LogP) is 3.52. The first-order valence-electron chi connectivity index (χ1n) is 7.97. The summed E-state index contributed by atoms with van der Waals surface area (Å²) >= 11 is 6.09. The van der Waals surface area contributed by atoms with E-state index in [0.29, 0.717) is 17.0 Å². The van der Waals surface area contributed by atoms with Crippen molar-refractivity contribution >= 4 is 17.5 Å². The summed E-state index contributed by atoms with van der Waals surface area (Å²) in [4.78, 5) is 14.6. The van der Waals surface area contributed by atoms with Gasteiger partial charge in [-0.05, 0) is 44.2 Å². The van der Waals surface area contributed by atoms with Crippen molar-refractivity contribution < 1.29 is 14.3 Å². The molecule has 3 rings (SSSR count). The number of nitrogens with zero attached hydrogens (tertiary/aromatic N) is 1. The van der Waals surface area contributed by atoms with Gasteiger partial charge >= 0.3 is 0 Å². The number of rotatable bonds is 4. The van der Waals surface area contributed by atoms with Crippen molar-refractivity contribution in [3.63, 3.8) is 0 Å². The molecule has 22 heavy (non-hydrogen) atoms. The van der Waals surface area contributed by atoms with E-state index in [1.54, 1.807) is 17.0 Å². The molecule has 120 valence electrons. The second kappa shape index (κ2) is 6.55. The number of halogens is 2. The summed E-state index contributed by atoms with van der Waals surface area (Å²) in [6.07, 6.45) is 4.51. The molecule has 0 aliphatic heterocycles. The van der Waals surface area contributed by atoms with Crippen molar-refractivity contribution in [2.75, 3.05) is 0 Å². The first-order valence-corrected chi connectivity index (χ1v) is 8.35. The minimum absolute atomic E-state index is 0.0422. The normalized spacial score (nSPS) is 25.0. The standard InChI is InChI=1S/C17H21ClFNO2/c18-15-5-2-6-16(19)14(15)10-20(12-7-8-12)17(22)11-3-1-4-13(21)9-11/h2,5-6,11-13,21H,1,3-4,7-10H2/t11-,13-/m0/s1. The van der Waals surface area contributed by atoms with Crippen molar-refractivity contribution in [2.24, 2.45) is 5.92 Å². The summed E-state index contributed by atoms with van der Waals surface area (Å²) in [5.74, 6) is -0.468. The van der Waals surface area contributed by atoms with Crippen molar-refractivity contribution in [1.82, 2.24) is 4.90 Å². The Hall–Kier alpha value is -1.13. The summed E-state index contributed by atoms with van der Waals surface area (Å²) < 4.78 is 14.0. The fourth-order valence-corrected chi connectivity index (χ4v) is 3.47. The van der Waals surface area contributed by atoms with Crippen LogP contribution in [-0.4, -0.2) is 28.1 Å². The summed E-state index contributed by atoms with van der Waals surface area (Å²) in [6.45, 7) is 0.224. The van der Waals surface area contributed by atoms with E-state index >= 15 is 0 Å². The van der Waals surface area contributed by atoms with Gasteiger partial charge in [-0.2, -0.15) is 0 Å². The maximum Gasteiger partial charge on any atom is 0.226 e. The van der Waals surface area contributed by atoms with Gasteiger partial charge in [-0.3, -0.25) is 4.79 Å². The number of hydrogen-bond acceptors (Lipinski definition) is 2. The summed E-state index contributed by atoms with van der Waals surface area (Å²) in [6, 6.07) is 4.80. The van der Waals surface area contributed by atoms with E-state index in [9.17, 15) is 14.3 Å². The van der Waals surface area contributed by atoms with Gasteiger partial charge in [0.2, 0.25) is 5.91 Å². The third-order valence-electron chi connectivity index (χ3n) is 4.66. The Morgan fingerprint density at radius 2 is 2.09 bits per heavy atom. The van der Waals surface area contributed by atoms with Crippen LogP contribution in [-0.2, 0) is 11.3 Å². The highest BCUT2D eigenvalue weighted by atomic mass is 35.5. The molecule has 1 N–H and O–H groups in total. The summed E-state index contributed by atoms with van der Waals surface area (Å²) in [7, 11) is 0. The zero-order valence-electron chi connectivity index (χ0n) is 12.5. The summed E-state index contributed by atoms with van der Waals surface area (Å²) in [5, 5.41) is 10.2.